The predicted octanol–water partition coefficient (Wildman–Crippen LogP) is 14.2. The van der Waals surface area contributed by atoms with Crippen LogP contribution in [0.1, 0.15) is 5.56 Å². The van der Waals surface area contributed by atoms with Crippen molar-refractivity contribution in [2.75, 3.05) is 12.4 Å². The lowest BCUT2D eigenvalue weighted by Gasteiger charge is -2.11. The van der Waals surface area contributed by atoms with Crippen molar-refractivity contribution in [3.63, 3.8) is 0 Å². The maximum absolute atomic E-state index is 11.2. The molecule has 8 aromatic rings. The third kappa shape index (κ3) is 6.79. The van der Waals surface area contributed by atoms with Gasteiger partial charge in [0, 0.05) is 44.4 Å². The van der Waals surface area contributed by atoms with Gasteiger partial charge in [-0.25, -0.2) is 0 Å². The van der Waals surface area contributed by atoms with E-state index in [0.29, 0.717) is 33.9 Å². The molecule has 0 aromatic heterocycles. The van der Waals surface area contributed by atoms with Gasteiger partial charge in [0.05, 0.1) is 29.9 Å². The number of ether oxygens (including phenoxy) is 1. The average molecular weight is 692 g/mol. The summed E-state index contributed by atoms with van der Waals surface area (Å²) in [5, 5.41) is 47.1. The summed E-state index contributed by atoms with van der Waals surface area (Å²) in [5.74, 6) is 0.510. The first-order chi connectivity index (χ1) is 26.1. The Morgan fingerprint density at radius 1 is 0.453 bits per heavy atom. The summed E-state index contributed by atoms with van der Waals surface area (Å²) < 4.78 is 5.81. The van der Waals surface area contributed by atoms with Crippen molar-refractivity contribution in [3.8, 4) is 11.5 Å². The van der Waals surface area contributed by atoms with Gasteiger partial charge in [-0.1, -0.05) is 91.0 Å². The molecule has 9 nitrogen and oxygen atoms in total. The Bertz CT molecular complexity index is 2730. The molecule has 2 N–H and O–H groups in total. The number of hydrogen-bond acceptors (Lipinski definition) is 9. The van der Waals surface area contributed by atoms with Crippen LogP contribution >= 0.6 is 0 Å². The fraction of sp³-hybridized carbons (Fsp3) is 0.0455. The number of rotatable bonds is 9. The third-order valence-corrected chi connectivity index (χ3v) is 8.99. The van der Waals surface area contributed by atoms with E-state index in [-0.39, 0.29) is 5.75 Å². The summed E-state index contributed by atoms with van der Waals surface area (Å²) in [6.45, 7) is 2.01. The maximum Gasteiger partial charge on any atom is 0.150 e. The van der Waals surface area contributed by atoms with Crippen LogP contribution in [0.25, 0.3) is 32.3 Å². The zero-order valence-electron chi connectivity index (χ0n) is 29.0. The molecule has 0 saturated heterocycles. The second-order valence-electron chi connectivity index (χ2n) is 12.4. The van der Waals surface area contributed by atoms with Crippen LogP contribution in [0.3, 0.4) is 0 Å². The van der Waals surface area contributed by atoms with Gasteiger partial charge in [0.25, 0.3) is 0 Å². The molecule has 0 radical (unpaired) electrons. The minimum atomic E-state index is 0.0427. The number of phenols is 1. The number of aromatic hydroxyl groups is 1. The van der Waals surface area contributed by atoms with Gasteiger partial charge in [0.1, 0.15) is 17.1 Å². The normalized spacial score (nSPS) is 11.8. The van der Waals surface area contributed by atoms with Crippen LogP contribution in [0.4, 0.5) is 45.5 Å². The first-order valence-electron chi connectivity index (χ1n) is 17.1. The molecule has 8 rings (SSSR count). The predicted molar refractivity (Wildman–Crippen MR) is 213 cm³/mol. The summed E-state index contributed by atoms with van der Waals surface area (Å²) in [7, 11) is 1.58. The maximum atomic E-state index is 11.2. The van der Waals surface area contributed by atoms with E-state index >= 15 is 0 Å². The van der Waals surface area contributed by atoms with Gasteiger partial charge in [0.15, 0.2) is 5.75 Å². The number of para-hydroxylation sites is 1. The van der Waals surface area contributed by atoms with E-state index in [2.05, 4.69) is 25.8 Å². The Balaban J connectivity index is 1.11. The van der Waals surface area contributed by atoms with E-state index in [4.69, 9.17) is 15.0 Å². The molecular formula is C44H33N7O2. The summed E-state index contributed by atoms with van der Waals surface area (Å²) in [5.41, 5.74) is 6.67. The number of azo groups is 3. The monoisotopic (exact) mass is 691 g/mol. The van der Waals surface area contributed by atoms with Gasteiger partial charge in [0.2, 0.25) is 0 Å². The summed E-state index contributed by atoms with van der Waals surface area (Å²) >= 11 is 0. The highest BCUT2D eigenvalue weighted by molar-refractivity contribution is 6.03. The number of fused-ring (bicyclic) bond motifs is 3. The number of benzene rings is 8. The van der Waals surface area contributed by atoms with E-state index in [1.807, 2.05) is 146 Å². The number of anilines is 2. The molecule has 0 spiro atoms. The standard InChI is InChI=1S/C44H33N7O2/c1-28-12-6-11-19-37(28)46-47-38-24-25-39(34-16-8-7-15-33(34)38)48-50-41-27-42(53-2)43(36-18-10-9-17-35(36)41)51-49-40-23-20-29-26-31(21-22-32(29)44(40)52)45-30-13-4-3-5-14-30/h3-27,45,52H,1-2H3. The van der Waals surface area contributed by atoms with Gasteiger partial charge < -0.3 is 15.2 Å². The number of nitrogens with zero attached hydrogens (tertiary/aromatic N) is 6. The lowest BCUT2D eigenvalue weighted by atomic mass is 10.1. The lowest BCUT2D eigenvalue weighted by molar-refractivity contribution is 0.416. The third-order valence-electron chi connectivity index (χ3n) is 8.99. The zero-order valence-corrected chi connectivity index (χ0v) is 29.0. The fourth-order valence-corrected chi connectivity index (χ4v) is 6.24. The largest absolute Gasteiger partial charge is 0.505 e. The number of aryl methyl sites for hydroxylation is 1. The minimum absolute atomic E-state index is 0.0427. The molecule has 0 heterocycles. The van der Waals surface area contributed by atoms with Crippen molar-refractivity contribution in [1.82, 2.24) is 0 Å². The van der Waals surface area contributed by atoms with E-state index in [1.165, 1.54) is 0 Å². The van der Waals surface area contributed by atoms with Crippen molar-refractivity contribution in [1.29, 1.82) is 0 Å². The average Bonchev–Trinajstić information content (AvgIpc) is 3.20. The molecule has 0 fully saturated rings. The Morgan fingerprint density at radius 2 is 1.02 bits per heavy atom. The number of hydrogen-bond donors (Lipinski definition) is 2. The summed E-state index contributed by atoms with van der Waals surface area (Å²) in [6.07, 6.45) is 0. The molecule has 53 heavy (non-hydrogen) atoms. The van der Waals surface area contributed by atoms with Crippen molar-refractivity contribution < 1.29 is 9.84 Å². The number of nitrogens with one attached hydrogen (secondary N) is 1. The highest BCUT2D eigenvalue weighted by atomic mass is 16.5. The minimum Gasteiger partial charge on any atom is -0.505 e. The molecule has 9 heteroatoms. The van der Waals surface area contributed by atoms with Crippen LogP contribution in [0.15, 0.2) is 182 Å². The van der Waals surface area contributed by atoms with Crippen LogP contribution in [-0.2, 0) is 0 Å². The first-order valence-corrected chi connectivity index (χ1v) is 17.1. The topological polar surface area (TPSA) is 116 Å². The molecule has 0 aliphatic heterocycles. The van der Waals surface area contributed by atoms with Gasteiger partial charge in [-0.3, -0.25) is 0 Å². The highest BCUT2D eigenvalue weighted by Crippen LogP contribution is 2.45. The quantitative estimate of drug-likeness (QED) is 0.147. The van der Waals surface area contributed by atoms with Gasteiger partial charge in [-0.15, -0.1) is 25.6 Å². The second kappa shape index (κ2) is 14.5. The van der Waals surface area contributed by atoms with Crippen LogP contribution in [0.5, 0.6) is 11.5 Å². The molecule has 0 bridgehead atoms. The Labute approximate surface area is 305 Å². The van der Waals surface area contributed by atoms with E-state index in [1.54, 1.807) is 19.2 Å². The number of methoxy groups -OCH3 is 1. The molecule has 0 aliphatic rings. The van der Waals surface area contributed by atoms with Crippen molar-refractivity contribution in [2.45, 2.75) is 6.92 Å². The van der Waals surface area contributed by atoms with Gasteiger partial charge in [-0.2, -0.15) is 5.11 Å². The van der Waals surface area contributed by atoms with Crippen molar-refractivity contribution >= 4 is 77.8 Å². The van der Waals surface area contributed by atoms with Gasteiger partial charge in [-0.05, 0) is 72.5 Å². The molecule has 256 valence electrons. The molecule has 0 unspecified atom stereocenters. The van der Waals surface area contributed by atoms with E-state index < -0.39 is 0 Å². The van der Waals surface area contributed by atoms with E-state index in [0.717, 1.165) is 55.2 Å². The van der Waals surface area contributed by atoms with Crippen LogP contribution in [-0.4, -0.2) is 12.2 Å². The molecule has 8 aromatic carbocycles. The Kier molecular flexibility index (Phi) is 9.03. The fourth-order valence-electron chi connectivity index (χ4n) is 6.24. The second-order valence-corrected chi connectivity index (χ2v) is 12.4. The SMILES string of the molecule is COc1cc(N=Nc2ccc(N=Nc3ccccc3C)c3ccccc23)c2ccccc2c1N=Nc1ccc2cc(Nc3ccccc3)ccc2c1O. The van der Waals surface area contributed by atoms with Crippen molar-refractivity contribution in [2.24, 2.45) is 30.7 Å². The summed E-state index contributed by atoms with van der Waals surface area (Å²) in [6, 6.07) is 48.6. The molecule has 0 amide bonds. The zero-order chi connectivity index (χ0) is 36.1. The van der Waals surface area contributed by atoms with Crippen LogP contribution < -0.4 is 10.1 Å². The lowest BCUT2D eigenvalue weighted by Crippen LogP contribution is -1.89. The summed E-state index contributed by atoms with van der Waals surface area (Å²) in [4.78, 5) is 0. The molecule has 0 saturated carbocycles. The Morgan fingerprint density at radius 3 is 1.72 bits per heavy atom. The highest BCUT2D eigenvalue weighted by Gasteiger charge is 2.15. The smallest absolute Gasteiger partial charge is 0.150 e. The molecule has 0 atom stereocenters. The van der Waals surface area contributed by atoms with Gasteiger partial charge >= 0.3 is 0 Å². The van der Waals surface area contributed by atoms with Crippen LogP contribution in [0, 0.1) is 6.92 Å². The van der Waals surface area contributed by atoms with E-state index in [9.17, 15) is 5.11 Å². The van der Waals surface area contributed by atoms with Crippen molar-refractivity contribution in [3.05, 3.63) is 157 Å². The number of phenolic OH excluding ortho intramolecular Hbond substituents is 1. The first kappa shape index (κ1) is 32.9. The molecule has 0 aliphatic carbocycles. The molecular weight excluding hydrogens is 659 g/mol. The Hall–Kier alpha value is -7.26. The van der Waals surface area contributed by atoms with Crippen LogP contribution in [0.2, 0.25) is 0 Å².